The third-order valence-corrected chi connectivity index (χ3v) is 27.4. The highest BCUT2D eigenvalue weighted by molar-refractivity contribution is 6.82. The van der Waals surface area contributed by atoms with Gasteiger partial charge in [0.15, 0.2) is 8.32 Å². The molecule has 0 aliphatic rings. The van der Waals surface area contributed by atoms with Crippen molar-refractivity contribution < 1.29 is 27.2 Å². The van der Waals surface area contributed by atoms with Crippen LogP contribution in [0.3, 0.4) is 0 Å². The molecule has 0 aromatic heterocycles. The Labute approximate surface area is 326 Å². The second kappa shape index (κ2) is 33.0. The molecule has 0 heterocycles. The molecule has 0 spiro atoms. The van der Waals surface area contributed by atoms with Crippen molar-refractivity contribution in [2.24, 2.45) is 0 Å². The summed E-state index contributed by atoms with van der Waals surface area (Å²) in [6.45, 7) is 19.0. The minimum Gasteiger partial charge on any atom is -0.460 e. The molecule has 0 rings (SSSR count). The van der Waals surface area contributed by atoms with Crippen LogP contribution in [0.4, 0.5) is 0 Å². The summed E-state index contributed by atoms with van der Waals surface area (Å²) in [5, 5.41) is 0. The van der Waals surface area contributed by atoms with Gasteiger partial charge in [-0.15, -0.1) is 0 Å². The normalized spacial score (nSPS) is 13.3. The van der Waals surface area contributed by atoms with Gasteiger partial charge in [-0.25, -0.2) is 9.78 Å². The fourth-order valence-corrected chi connectivity index (χ4v) is 22.4. The predicted molar refractivity (Wildman–Crippen MR) is 237 cm³/mol. The number of hydrogen-bond donors (Lipinski definition) is 0. The van der Waals surface area contributed by atoms with E-state index in [-0.39, 0.29) is 9.76 Å². The van der Waals surface area contributed by atoms with E-state index in [0.29, 0.717) is 6.61 Å². The average molecular weight is 810 g/mol. The van der Waals surface area contributed by atoms with Gasteiger partial charge in [0, 0.05) is 43.5 Å². The summed E-state index contributed by atoms with van der Waals surface area (Å²) in [7, 11) is -1.08. The van der Waals surface area contributed by atoms with E-state index in [1.165, 1.54) is 134 Å². The molecule has 0 N–H and O–H groups in total. The Hall–Kier alpha value is 0.844. The van der Waals surface area contributed by atoms with Crippen LogP contribution in [-0.4, -0.2) is 77.6 Å². The van der Waals surface area contributed by atoms with E-state index in [0.717, 1.165) is 25.5 Å². The molecule has 11 heteroatoms. The van der Waals surface area contributed by atoms with E-state index in [1.54, 1.807) is 45.5 Å². The lowest BCUT2D eigenvalue weighted by atomic mass is 10.1. The van der Waals surface area contributed by atoms with Crippen LogP contribution in [0.2, 0.25) is 81.6 Å². The van der Waals surface area contributed by atoms with E-state index in [4.69, 9.17) is 27.2 Å². The van der Waals surface area contributed by atoms with Gasteiger partial charge in [-0.2, -0.15) is 0 Å². The van der Waals surface area contributed by atoms with Crippen LogP contribution in [0, 0.1) is 0 Å². The van der Waals surface area contributed by atoms with Crippen LogP contribution in [0.25, 0.3) is 0 Å². The van der Waals surface area contributed by atoms with Gasteiger partial charge in [-0.3, -0.25) is 0 Å². The SMILES string of the molecule is CCOOCCCCCCCCCCC[Si](C)(C)CC[Si](C)(C)CCCCCCCC[SiH2]O[Si](C)(C)CCCCCCCC[Si](OC)(OC)OC. The Balaban J connectivity index is 3.69. The van der Waals surface area contributed by atoms with Crippen LogP contribution >= 0.6 is 0 Å². The van der Waals surface area contributed by atoms with Crippen LogP contribution in [-0.2, 0) is 27.2 Å². The molecule has 0 aliphatic heterocycles. The van der Waals surface area contributed by atoms with Crippen LogP contribution in [0.1, 0.15) is 142 Å². The van der Waals surface area contributed by atoms with Gasteiger partial charge in [0.1, 0.15) is 9.76 Å². The van der Waals surface area contributed by atoms with Crippen molar-refractivity contribution >= 4 is 43.0 Å². The molecule has 0 atom stereocenters. The molecule has 51 heavy (non-hydrogen) atoms. The van der Waals surface area contributed by atoms with Gasteiger partial charge in [0.2, 0.25) is 0 Å². The summed E-state index contributed by atoms with van der Waals surface area (Å²) in [6.07, 6.45) is 28.7. The quantitative estimate of drug-likeness (QED) is 0.0266. The van der Waals surface area contributed by atoms with Gasteiger partial charge >= 0.3 is 8.80 Å². The van der Waals surface area contributed by atoms with Crippen molar-refractivity contribution in [3.63, 3.8) is 0 Å². The molecule has 0 unspecified atom stereocenters. The molecule has 308 valence electrons. The predicted octanol–water partition coefficient (Wildman–Crippen LogP) is 13.2. The molecular formula is C40H92O6Si5. The highest BCUT2D eigenvalue weighted by Gasteiger charge is 2.36. The minimum atomic E-state index is -2.38. The molecule has 0 aromatic rings. The van der Waals surface area contributed by atoms with Crippen LogP contribution in [0.15, 0.2) is 0 Å². The maximum atomic E-state index is 6.58. The molecule has 0 amide bonds. The van der Waals surface area contributed by atoms with E-state index in [1.807, 2.05) is 6.92 Å². The topological polar surface area (TPSA) is 55.4 Å². The summed E-state index contributed by atoms with van der Waals surface area (Å²) in [5.74, 6) is 0. The van der Waals surface area contributed by atoms with E-state index >= 15 is 0 Å². The first-order chi connectivity index (χ1) is 24.4. The Morgan fingerprint density at radius 3 is 1.20 bits per heavy atom. The second-order valence-corrected chi connectivity index (χ2v) is 37.8. The zero-order valence-electron chi connectivity index (χ0n) is 36.4. The maximum absolute atomic E-state index is 6.58. The lowest BCUT2D eigenvalue weighted by molar-refractivity contribution is -0.291. The first kappa shape index (κ1) is 51.8. The van der Waals surface area contributed by atoms with Crippen molar-refractivity contribution in [2.75, 3.05) is 34.5 Å². The Morgan fingerprint density at radius 1 is 0.392 bits per heavy atom. The summed E-state index contributed by atoms with van der Waals surface area (Å²) in [4.78, 5) is 10.0. The zero-order valence-corrected chi connectivity index (χ0v) is 41.8. The van der Waals surface area contributed by atoms with Gasteiger partial charge in [0.25, 0.3) is 0 Å². The summed E-state index contributed by atoms with van der Waals surface area (Å²) in [6, 6.07) is 9.90. The molecular weight excluding hydrogens is 717 g/mol. The van der Waals surface area contributed by atoms with Crippen molar-refractivity contribution in [2.45, 2.75) is 223 Å². The Morgan fingerprint density at radius 2 is 0.765 bits per heavy atom. The van der Waals surface area contributed by atoms with E-state index in [2.05, 4.69) is 39.3 Å². The van der Waals surface area contributed by atoms with Gasteiger partial charge in [-0.1, -0.05) is 172 Å². The van der Waals surface area contributed by atoms with Crippen molar-refractivity contribution in [1.29, 1.82) is 0 Å². The molecule has 0 aliphatic carbocycles. The number of rotatable bonds is 40. The Bertz CT molecular complexity index is 747. The second-order valence-electron chi connectivity index (χ2n) is 17.7. The molecule has 0 radical (unpaired) electrons. The first-order valence-electron chi connectivity index (χ1n) is 21.9. The Kier molecular flexibility index (Phi) is 33.6. The highest BCUT2D eigenvalue weighted by atomic mass is 28.4. The number of unbranched alkanes of at least 4 members (excludes halogenated alkanes) is 18. The third kappa shape index (κ3) is 32.8. The molecule has 0 bridgehead atoms. The average Bonchev–Trinajstić information content (AvgIpc) is 3.10. The van der Waals surface area contributed by atoms with Gasteiger partial charge in [0.05, 0.1) is 13.2 Å². The van der Waals surface area contributed by atoms with Gasteiger partial charge < -0.3 is 17.4 Å². The van der Waals surface area contributed by atoms with E-state index in [9.17, 15) is 0 Å². The van der Waals surface area contributed by atoms with Crippen molar-refractivity contribution in [1.82, 2.24) is 0 Å². The fraction of sp³-hybridized carbons (Fsp3) is 1.00. The standard InChI is InChI=1S/C40H92O6Si5/c1-11-44-45-33-27-21-15-13-12-14-17-23-29-35-48(5,6)39-40-49(7,8)36-30-24-18-16-22-28-34-47-46-50(9,10)37-31-25-19-20-26-32-38-51(41-2,42-3)43-4/h11-40,47H2,1-10H3. The minimum absolute atomic E-state index is 0.329. The smallest absolute Gasteiger partial charge is 0.460 e. The maximum Gasteiger partial charge on any atom is 0.500 e. The molecule has 0 saturated carbocycles. The largest absolute Gasteiger partial charge is 0.500 e. The molecule has 6 nitrogen and oxygen atoms in total. The monoisotopic (exact) mass is 809 g/mol. The van der Waals surface area contributed by atoms with Crippen molar-refractivity contribution in [3.05, 3.63) is 0 Å². The summed E-state index contributed by atoms with van der Waals surface area (Å²) in [5.41, 5.74) is 0. The molecule has 0 aromatic carbocycles. The lowest BCUT2D eigenvalue weighted by Crippen LogP contribution is -2.42. The van der Waals surface area contributed by atoms with Gasteiger partial charge in [-0.05, 0) is 44.9 Å². The van der Waals surface area contributed by atoms with Crippen LogP contribution in [0.5, 0.6) is 0 Å². The number of hydrogen-bond acceptors (Lipinski definition) is 6. The zero-order chi connectivity index (χ0) is 38.2. The third-order valence-electron chi connectivity index (χ3n) is 11.2. The summed E-state index contributed by atoms with van der Waals surface area (Å²) >= 11 is 0. The lowest BCUT2D eigenvalue weighted by Gasteiger charge is -2.29. The molecule has 0 fully saturated rings. The van der Waals surface area contributed by atoms with E-state index < -0.39 is 33.3 Å². The highest BCUT2D eigenvalue weighted by Crippen LogP contribution is 2.29. The molecule has 0 saturated heterocycles. The van der Waals surface area contributed by atoms with Crippen molar-refractivity contribution in [3.8, 4) is 0 Å². The van der Waals surface area contributed by atoms with Crippen LogP contribution < -0.4 is 0 Å². The fourth-order valence-electron chi connectivity index (χ4n) is 7.24. The first-order valence-corrected chi connectivity index (χ1v) is 35.4. The summed E-state index contributed by atoms with van der Waals surface area (Å²) < 4.78 is 23.2.